The molecule has 2 aromatic rings. The maximum atomic E-state index is 12.8. The zero-order valence-corrected chi connectivity index (χ0v) is 14.5. The van der Waals surface area contributed by atoms with Gasteiger partial charge in [0, 0.05) is 5.56 Å². The van der Waals surface area contributed by atoms with Crippen LogP contribution in [0.5, 0.6) is 5.75 Å². The van der Waals surface area contributed by atoms with Crippen LogP contribution in [-0.2, 0) is 24.6 Å². The zero-order chi connectivity index (χ0) is 17.7. The van der Waals surface area contributed by atoms with Gasteiger partial charge in [0.05, 0.1) is 33.5 Å². The first-order valence-electron chi connectivity index (χ1n) is 8.34. The maximum Gasteiger partial charge on any atom is 0.345 e. The molecule has 1 heterocycles. The van der Waals surface area contributed by atoms with Gasteiger partial charge in [0.25, 0.3) is 0 Å². The van der Waals surface area contributed by atoms with Crippen molar-refractivity contribution in [3.63, 3.8) is 0 Å². The highest BCUT2D eigenvalue weighted by atomic mass is 16.6. The second kappa shape index (κ2) is 7.68. The molecule has 1 fully saturated rings. The van der Waals surface area contributed by atoms with Gasteiger partial charge in [-0.3, -0.25) is 0 Å². The summed E-state index contributed by atoms with van der Waals surface area (Å²) in [6.45, 7) is 3.01. The quantitative estimate of drug-likeness (QED) is 0.781. The summed E-state index contributed by atoms with van der Waals surface area (Å²) in [7, 11) is 1.63. The van der Waals surface area contributed by atoms with Crippen molar-refractivity contribution in [2.75, 3.05) is 33.5 Å². The summed E-state index contributed by atoms with van der Waals surface area (Å²) in [5, 5.41) is 0. The van der Waals surface area contributed by atoms with Crippen molar-refractivity contribution in [2.24, 2.45) is 0 Å². The Hall–Kier alpha value is -2.37. The fourth-order valence-electron chi connectivity index (χ4n) is 3.02. The Kier molecular flexibility index (Phi) is 5.36. The molecule has 0 amide bonds. The molecule has 1 atom stereocenters. The lowest BCUT2D eigenvalue weighted by molar-refractivity contribution is -0.202. The number of hydrogen-bond acceptors (Lipinski definition) is 5. The smallest absolute Gasteiger partial charge is 0.345 e. The number of methoxy groups -OCH3 is 1. The molecule has 0 bridgehead atoms. The fourth-order valence-corrected chi connectivity index (χ4v) is 3.02. The van der Waals surface area contributed by atoms with E-state index in [1.54, 1.807) is 14.0 Å². The van der Waals surface area contributed by atoms with E-state index in [-0.39, 0.29) is 13.2 Å². The minimum absolute atomic E-state index is 0.138. The molecule has 0 spiro atoms. The van der Waals surface area contributed by atoms with Crippen LogP contribution in [0.2, 0.25) is 0 Å². The molecule has 0 N–H and O–H groups in total. The molecule has 0 aliphatic carbocycles. The van der Waals surface area contributed by atoms with E-state index >= 15 is 0 Å². The van der Waals surface area contributed by atoms with Gasteiger partial charge >= 0.3 is 5.97 Å². The first kappa shape index (κ1) is 17.5. The highest BCUT2D eigenvalue weighted by Crippen LogP contribution is 2.37. The first-order chi connectivity index (χ1) is 12.2. The summed E-state index contributed by atoms with van der Waals surface area (Å²) in [5.74, 6) is 0.356. The summed E-state index contributed by atoms with van der Waals surface area (Å²) < 4.78 is 22.1. The van der Waals surface area contributed by atoms with E-state index in [0.717, 1.165) is 22.4 Å². The van der Waals surface area contributed by atoms with Crippen molar-refractivity contribution in [3.05, 3.63) is 54.1 Å². The van der Waals surface area contributed by atoms with E-state index in [4.69, 9.17) is 18.9 Å². The third-order valence-corrected chi connectivity index (χ3v) is 4.25. The molecule has 132 valence electrons. The van der Waals surface area contributed by atoms with Gasteiger partial charge in [-0.1, -0.05) is 36.4 Å². The average molecular weight is 342 g/mol. The molecule has 5 heteroatoms. The molecule has 1 aliphatic rings. The van der Waals surface area contributed by atoms with Gasteiger partial charge in [0.2, 0.25) is 5.60 Å². The number of esters is 1. The van der Waals surface area contributed by atoms with E-state index in [9.17, 15) is 4.79 Å². The van der Waals surface area contributed by atoms with Crippen molar-refractivity contribution in [1.82, 2.24) is 0 Å². The third kappa shape index (κ3) is 3.38. The Morgan fingerprint density at radius 1 is 1.12 bits per heavy atom. The van der Waals surface area contributed by atoms with E-state index < -0.39 is 11.6 Å². The highest BCUT2D eigenvalue weighted by molar-refractivity contribution is 5.86. The van der Waals surface area contributed by atoms with Crippen molar-refractivity contribution < 1.29 is 23.7 Å². The van der Waals surface area contributed by atoms with Crippen molar-refractivity contribution >= 4 is 5.97 Å². The number of benzene rings is 2. The Morgan fingerprint density at radius 3 is 2.52 bits per heavy atom. The normalized spacial score (nSPS) is 20.1. The number of hydrogen-bond donors (Lipinski definition) is 0. The Labute approximate surface area is 147 Å². The minimum Gasteiger partial charge on any atom is -0.497 e. The number of rotatable bonds is 5. The van der Waals surface area contributed by atoms with E-state index in [0.29, 0.717) is 13.2 Å². The number of carbonyl (C=O) groups excluding carboxylic acids is 1. The molecule has 25 heavy (non-hydrogen) atoms. The topological polar surface area (TPSA) is 54.0 Å². The molecule has 0 aromatic heterocycles. The van der Waals surface area contributed by atoms with Crippen molar-refractivity contribution in [1.29, 1.82) is 0 Å². The van der Waals surface area contributed by atoms with Crippen LogP contribution < -0.4 is 4.74 Å². The average Bonchev–Trinajstić information content (AvgIpc) is 2.69. The zero-order valence-electron chi connectivity index (χ0n) is 14.5. The standard InChI is InChI=1S/C20H22O5/c1-3-24-19(21)20(14-23-12-13-25-20)18-7-5-4-6-17(18)15-8-10-16(22-2)11-9-15/h4-11H,3,12-14H2,1-2H3. The van der Waals surface area contributed by atoms with Gasteiger partial charge in [-0.05, 0) is 30.2 Å². The predicted octanol–water partition coefficient (Wildman–Crippen LogP) is 3.17. The maximum absolute atomic E-state index is 12.8. The molecule has 1 saturated heterocycles. The summed E-state index contributed by atoms with van der Waals surface area (Å²) in [6, 6.07) is 15.4. The minimum atomic E-state index is -1.25. The fraction of sp³-hybridized carbons (Fsp3) is 0.350. The lowest BCUT2D eigenvalue weighted by Crippen LogP contribution is -2.48. The van der Waals surface area contributed by atoms with Crippen LogP contribution in [0.15, 0.2) is 48.5 Å². The first-order valence-corrected chi connectivity index (χ1v) is 8.34. The number of carbonyl (C=O) groups is 1. The van der Waals surface area contributed by atoms with E-state index in [1.807, 2.05) is 48.5 Å². The molecule has 0 radical (unpaired) electrons. The SMILES string of the molecule is CCOC(=O)C1(c2ccccc2-c2ccc(OC)cc2)COCCO1. The highest BCUT2D eigenvalue weighted by Gasteiger charge is 2.46. The van der Waals surface area contributed by atoms with Gasteiger partial charge in [-0.15, -0.1) is 0 Å². The molecular formula is C20H22O5. The molecule has 1 unspecified atom stereocenters. The van der Waals surface area contributed by atoms with Crippen LogP contribution in [0.1, 0.15) is 12.5 Å². The molecule has 2 aromatic carbocycles. The number of ether oxygens (including phenoxy) is 4. The summed E-state index contributed by atoms with van der Waals surface area (Å²) in [4.78, 5) is 12.8. The molecule has 3 rings (SSSR count). The van der Waals surface area contributed by atoms with Crippen LogP contribution in [-0.4, -0.2) is 39.5 Å². The van der Waals surface area contributed by atoms with Gasteiger partial charge in [-0.2, -0.15) is 0 Å². The lowest BCUT2D eigenvalue weighted by Gasteiger charge is -2.36. The van der Waals surface area contributed by atoms with E-state index in [2.05, 4.69) is 0 Å². The van der Waals surface area contributed by atoms with Crippen LogP contribution in [0.4, 0.5) is 0 Å². The summed E-state index contributed by atoms with van der Waals surface area (Å²) in [5.41, 5.74) is 1.38. The monoisotopic (exact) mass is 342 g/mol. The van der Waals surface area contributed by atoms with Gasteiger partial charge in [0.1, 0.15) is 5.75 Å². The van der Waals surface area contributed by atoms with Crippen molar-refractivity contribution in [2.45, 2.75) is 12.5 Å². The van der Waals surface area contributed by atoms with Gasteiger partial charge < -0.3 is 18.9 Å². The van der Waals surface area contributed by atoms with Crippen LogP contribution >= 0.6 is 0 Å². The summed E-state index contributed by atoms with van der Waals surface area (Å²) in [6.07, 6.45) is 0. The predicted molar refractivity (Wildman–Crippen MR) is 93.5 cm³/mol. The molecular weight excluding hydrogens is 320 g/mol. The van der Waals surface area contributed by atoms with Gasteiger partial charge in [-0.25, -0.2) is 4.79 Å². The van der Waals surface area contributed by atoms with Gasteiger partial charge in [0.15, 0.2) is 0 Å². The van der Waals surface area contributed by atoms with Crippen LogP contribution in [0.25, 0.3) is 11.1 Å². The molecule has 1 aliphatic heterocycles. The third-order valence-electron chi connectivity index (χ3n) is 4.25. The Balaban J connectivity index is 2.09. The molecule has 5 nitrogen and oxygen atoms in total. The second-order valence-electron chi connectivity index (χ2n) is 5.72. The largest absolute Gasteiger partial charge is 0.497 e. The summed E-state index contributed by atoms with van der Waals surface area (Å²) >= 11 is 0. The van der Waals surface area contributed by atoms with Crippen LogP contribution in [0, 0.1) is 0 Å². The van der Waals surface area contributed by atoms with E-state index in [1.165, 1.54) is 0 Å². The second-order valence-corrected chi connectivity index (χ2v) is 5.72. The van der Waals surface area contributed by atoms with Crippen molar-refractivity contribution in [3.8, 4) is 16.9 Å². The van der Waals surface area contributed by atoms with Crippen LogP contribution in [0.3, 0.4) is 0 Å². The molecule has 0 saturated carbocycles. The lowest BCUT2D eigenvalue weighted by atomic mass is 9.86. The Morgan fingerprint density at radius 2 is 1.88 bits per heavy atom. The Bertz CT molecular complexity index is 717.